The van der Waals surface area contributed by atoms with Gasteiger partial charge in [0.25, 0.3) is 0 Å². The second kappa shape index (κ2) is 8.29. The van der Waals surface area contributed by atoms with Gasteiger partial charge in [-0.25, -0.2) is 0 Å². The van der Waals surface area contributed by atoms with Gasteiger partial charge in [0.2, 0.25) is 0 Å². The number of benzene rings is 2. The minimum atomic E-state index is 0.430. The summed E-state index contributed by atoms with van der Waals surface area (Å²) in [5.74, 6) is 2.00. The summed E-state index contributed by atoms with van der Waals surface area (Å²) in [6, 6.07) is 15.8. The zero-order valence-corrected chi connectivity index (χ0v) is 15.1. The van der Waals surface area contributed by atoms with Gasteiger partial charge in [0.05, 0.1) is 19.7 Å². The largest absolute Gasteiger partial charge is 0.497 e. The Morgan fingerprint density at radius 3 is 2.65 bits per heavy atom. The zero-order valence-electron chi connectivity index (χ0n) is 15.1. The Morgan fingerprint density at radius 1 is 1.12 bits per heavy atom. The third-order valence-corrected chi connectivity index (χ3v) is 4.12. The van der Waals surface area contributed by atoms with Crippen LogP contribution in [0.25, 0.3) is 10.9 Å². The van der Waals surface area contributed by atoms with Crippen molar-refractivity contribution in [2.24, 2.45) is 10.7 Å². The Hall–Kier alpha value is -3.15. The van der Waals surface area contributed by atoms with Crippen molar-refractivity contribution >= 4 is 22.5 Å². The zero-order chi connectivity index (χ0) is 18.4. The highest BCUT2D eigenvalue weighted by Crippen LogP contribution is 2.31. The van der Waals surface area contributed by atoms with E-state index < -0.39 is 0 Å². The van der Waals surface area contributed by atoms with Crippen molar-refractivity contribution < 1.29 is 9.47 Å². The van der Waals surface area contributed by atoms with E-state index in [1.807, 2.05) is 42.5 Å². The highest BCUT2D eigenvalue weighted by Gasteiger charge is 2.09. The number of fused-ring (bicyclic) bond motifs is 1. The molecule has 0 aliphatic heterocycles. The van der Waals surface area contributed by atoms with Gasteiger partial charge in [0.1, 0.15) is 11.5 Å². The lowest BCUT2D eigenvalue weighted by atomic mass is 10.2. The maximum atomic E-state index is 5.92. The van der Waals surface area contributed by atoms with E-state index in [4.69, 9.17) is 15.2 Å². The van der Waals surface area contributed by atoms with Crippen molar-refractivity contribution in [1.82, 2.24) is 4.98 Å². The van der Waals surface area contributed by atoms with Crippen LogP contribution in [0.5, 0.6) is 11.5 Å². The monoisotopic (exact) mass is 352 g/mol. The quantitative estimate of drug-likeness (QED) is 0.345. The summed E-state index contributed by atoms with van der Waals surface area (Å²) in [4.78, 5) is 7.79. The van der Waals surface area contributed by atoms with Gasteiger partial charge in [-0.3, -0.25) is 4.99 Å². The van der Waals surface area contributed by atoms with Crippen LogP contribution >= 0.6 is 0 Å². The van der Waals surface area contributed by atoms with Gasteiger partial charge in [0.15, 0.2) is 5.96 Å². The summed E-state index contributed by atoms with van der Waals surface area (Å²) in [6.07, 6.45) is 1.77. The first kappa shape index (κ1) is 17.7. The predicted octanol–water partition coefficient (Wildman–Crippen LogP) is 3.54. The number of aliphatic imine (C=N–C) groups is 1. The van der Waals surface area contributed by atoms with Crippen LogP contribution in [0, 0.1) is 0 Å². The lowest BCUT2D eigenvalue weighted by Gasteiger charge is -2.05. The number of ether oxygens (including phenoxy) is 2. The number of hydrogen-bond donors (Lipinski definition) is 3. The molecule has 6 heteroatoms. The molecule has 136 valence electrons. The van der Waals surface area contributed by atoms with Crippen LogP contribution < -0.4 is 20.5 Å². The number of aryl methyl sites for hydroxylation is 1. The molecule has 0 bridgehead atoms. The Kier molecular flexibility index (Phi) is 5.63. The molecule has 0 saturated heterocycles. The number of rotatable bonds is 7. The summed E-state index contributed by atoms with van der Waals surface area (Å²) in [7, 11) is 3.31. The molecule has 4 N–H and O–H groups in total. The first-order valence-electron chi connectivity index (χ1n) is 8.55. The van der Waals surface area contributed by atoms with Crippen molar-refractivity contribution in [3.63, 3.8) is 0 Å². The Balaban J connectivity index is 1.58. The molecule has 0 atom stereocenters. The van der Waals surface area contributed by atoms with Gasteiger partial charge in [0, 0.05) is 35.4 Å². The molecule has 0 amide bonds. The number of aromatic nitrogens is 1. The number of nitrogens with zero attached hydrogens (tertiary/aromatic N) is 1. The number of H-pyrrole nitrogens is 1. The van der Waals surface area contributed by atoms with Crippen molar-refractivity contribution in [2.45, 2.75) is 12.8 Å². The summed E-state index contributed by atoms with van der Waals surface area (Å²) < 4.78 is 10.8. The number of nitrogens with two attached hydrogens (primary N) is 1. The SMILES string of the molecule is COc1cc(OC)c2cc(CCCN=C(N)Nc3ccccc3)[nH]c2c1. The number of aromatic amines is 1. The number of nitrogens with one attached hydrogen (secondary N) is 2. The second-order valence-electron chi connectivity index (χ2n) is 5.95. The van der Waals surface area contributed by atoms with Crippen LogP contribution in [0.15, 0.2) is 53.5 Å². The fraction of sp³-hybridized carbons (Fsp3) is 0.250. The molecule has 1 heterocycles. The molecule has 1 aromatic heterocycles. The van der Waals surface area contributed by atoms with Crippen LogP contribution in [-0.4, -0.2) is 31.7 Å². The molecule has 0 spiro atoms. The molecule has 3 aromatic rings. The molecule has 2 aromatic carbocycles. The van der Waals surface area contributed by atoms with E-state index in [1.165, 1.54) is 0 Å². The molecule has 0 radical (unpaired) electrons. The van der Waals surface area contributed by atoms with Crippen molar-refractivity contribution in [3.8, 4) is 11.5 Å². The van der Waals surface area contributed by atoms with E-state index in [-0.39, 0.29) is 0 Å². The topological polar surface area (TPSA) is 84.7 Å². The summed E-state index contributed by atoms with van der Waals surface area (Å²) >= 11 is 0. The normalized spacial score (nSPS) is 11.5. The number of guanidine groups is 1. The van der Waals surface area contributed by atoms with E-state index in [2.05, 4.69) is 21.4 Å². The van der Waals surface area contributed by atoms with Gasteiger partial charge in [-0.15, -0.1) is 0 Å². The number of hydrogen-bond acceptors (Lipinski definition) is 3. The molecule has 3 rings (SSSR count). The van der Waals surface area contributed by atoms with E-state index in [1.54, 1.807) is 14.2 Å². The van der Waals surface area contributed by atoms with Gasteiger partial charge in [-0.2, -0.15) is 0 Å². The van der Waals surface area contributed by atoms with Gasteiger partial charge in [-0.05, 0) is 31.0 Å². The molecular formula is C20H24N4O2. The number of methoxy groups -OCH3 is 2. The van der Waals surface area contributed by atoms with Crippen LogP contribution in [0.1, 0.15) is 12.1 Å². The molecular weight excluding hydrogens is 328 g/mol. The van der Waals surface area contributed by atoms with Gasteiger partial charge >= 0.3 is 0 Å². The summed E-state index contributed by atoms with van der Waals surface area (Å²) in [5, 5.41) is 4.13. The average molecular weight is 352 g/mol. The van der Waals surface area contributed by atoms with Crippen molar-refractivity contribution in [1.29, 1.82) is 0 Å². The first-order valence-corrected chi connectivity index (χ1v) is 8.55. The van der Waals surface area contributed by atoms with Crippen LogP contribution in [0.2, 0.25) is 0 Å². The van der Waals surface area contributed by atoms with Gasteiger partial charge < -0.3 is 25.5 Å². The minimum absolute atomic E-state index is 0.430. The fourth-order valence-corrected chi connectivity index (χ4v) is 2.84. The Labute approximate surface area is 153 Å². The molecule has 0 unspecified atom stereocenters. The van der Waals surface area contributed by atoms with Crippen LogP contribution in [-0.2, 0) is 6.42 Å². The average Bonchev–Trinajstić information content (AvgIpc) is 3.08. The number of anilines is 1. The highest BCUT2D eigenvalue weighted by molar-refractivity contribution is 5.92. The molecule has 0 fully saturated rings. The Bertz CT molecular complexity index is 887. The van der Waals surface area contributed by atoms with Crippen molar-refractivity contribution in [3.05, 3.63) is 54.2 Å². The highest BCUT2D eigenvalue weighted by atomic mass is 16.5. The van der Waals surface area contributed by atoms with E-state index in [9.17, 15) is 0 Å². The smallest absolute Gasteiger partial charge is 0.193 e. The summed E-state index contributed by atoms with van der Waals surface area (Å²) in [6.45, 7) is 0.654. The van der Waals surface area contributed by atoms with E-state index >= 15 is 0 Å². The molecule has 0 aliphatic rings. The van der Waals surface area contributed by atoms with Crippen molar-refractivity contribution in [2.75, 3.05) is 26.1 Å². The standard InChI is InChI=1S/C20H24N4O2/c1-25-16-12-18-17(19(13-16)26-2)11-15(23-18)9-6-10-22-20(21)24-14-7-4-3-5-8-14/h3-5,7-8,11-13,23H,6,9-10H2,1-2H3,(H3,21,22,24). The number of para-hydroxylation sites is 1. The van der Waals surface area contributed by atoms with E-state index in [0.29, 0.717) is 12.5 Å². The molecule has 6 nitrogen and oxygen atoms in total. The lowest BCUT2D eigenvalue weighted by molar-refractivity contribution is 0.398. The molecule has 26 heavy (non-hydrogen) atoms. The maximum Gasteiger partial charge on any atom is 0.193 e. The maximum absolute atomic E-state index is 5.92. The lowest BCUT2D eigenvalue weighted by Crippen LogP contribution is -2.22. The molecule has 0 saturated carbocycles. The third-order valence-electron chi connectivity index (χ3n) is 4.12. The second-order valence-corrected chi connectivity index (χ2v) is 5.95. The Morgan fingerprint density at radius 2 is 1.92 bits per heavy atom. The summed E-state index contributed by atoms with van der Waals surface area (Å²) in [5.41, 5.74) is 8.99. The van der Waals surface area contributed by atoms with Crippen LogP contribution in [0.3, 0.4) is 0 Å². The van der Waals surface area contributed by atoms with Gasteiger partial charge in [-0.1, -0.05) is 18.2 Å². The fourth-order valence-electron chi connectivity index (χ4n) is 2.84. The van der Waals surface area contributed by atoms with E-state index in [0.717, 1.165) is 46.6 Å². The first-order chi connectivity index (χ1) is 12.7. The predicted molar refractivity (Wildman–Crippen MR) is 106 cm³/mol. The minimum Gasteiger partial charge on any atom is -0.497 e. The molecule has 0 aliphatic carbocycles. The third kappa shape index (κ3) is 4.27. The van der Waals surface area contributed by atoms with Crippen LogP contribution in [0.4, 0.5) is 5.69 Å².